The first-order valence-electron chi connectivity index (χ1n) is 11.3. The van der Waals surface area contributed by atoms with Gasteiger partial charge in [-0.15, -0.1) is 0 Å². The van der Waals surface area contributed by atoms with Crippen LogP contribution < -0.4 is 0 Å². The molecule has 0 radical (unpaired) electrons. The van der Waals surface area contributed by atoms with Gasteiger partial charge in [-0.05, 0) is 89.3 Å². The lowest BCUT2D eigenvalue weighted by Crippen LogP contribution is -2.71. The molecule has 4 heteroatoms. The Morgan fingerprint density at radius 2 is 1.26 bits per heavy atom. The van der Waals surface area contributed by atoms with Crippen LogP contribution in [0.1, 0.15) is 6.42 Å². The summed E-state index contributed by atoms with van der Waals surface area (Å²) in [5.74, 6) is 8.34. The zero-order valence-corrected chi connectivity index (χ0v) is 15.0. The van der Waals surface area contributed by atoms with E-state index in [4.69, 9.17) is 9.47 Å². The van der Waals surface area contributed by atoms with E-state index in [1.165, 1.54) is 0 Å². The van der Waals surface area contributed by atoms with Gasteiger partial charge in [0.2, 0.25) is 0 Å². The van der Waals surface area contributed by atoms with E-state index in [0.717, 1.165) is 43.3 Å². The smallest absolute Gasteiger partial charge is 0.321 e. The molecule has 0 amide bonds. The van der Waals surface area contributed by atoms with Crippen molar-refractivity contribution in [3.8, 4) is 0 Å². The van der Waals surface area contributed by atoms with Crippen LogP contribution in [0.5, 0.6) is 0 Å². The molecule has 2 heterocycles. The van der Waals surface area contributed by atoms with E-state index >= 15 is 0 Å². The predicted octanol–water partition coefficient (Wildman–Crippen LogP) is 1.75. The average molecular weight is 362 g/mol. The number of ether oxygens (including phenoxy) is 2. The Morgan fingerprint density at radius 1 is 0.741 bits per heavy atom. The maximum atomic E-state index is 13.4. The molecule has 0 aromatic rings. The van der Waals surface area contributed by atoms with Gasteiger partial charge in [-0.2, -0.15) is 0 Å². The molecule has 138 valence electrons. The lowest BCUT2D eigenvalue weighted by molar-refractivity contribution is -0.235. The summed E-state index contributed by atoms with van der Waals surface area (Å²) in [5.41, 5.74) is -0.806. The van der Waals surface area contributed by atoms with E-state index in [0.29, 0.717) is 59.2 Å². The molecule has 10 aliphatic carbocycles. The zero-order chi connectivity index (χ0) is 17.2. The average Bonchev–Trinajstić information content (AvgIpc) is 3.39. The SMILES string of the molecule is O=C1OC(=O)[C@@]23[C@H]4[C@@H]5[C@H]6[C@@H]7[C@@H]5[C@@H]2C[C@H]7[C@@]13[C@H]6[C@@H]1[C@@H]2C=C[C@@H]([C@H]3COC[C@@H]23)[C@@H]14. The van der Waals surface area contributed by atoms with Crippen LogP contribution in [0.25, 0.3) is 0 Å². The molecule has 8 saturated carbocycles. The highest BCUT2D eigenvalue weighted by molar-refractivity contribution is 6.05. The van der Waals surface area contributed by atoms with Crippen molar-refractivity contribution >= 4 is 11.9 Å². The van der Waals surface area contributed by atoms with Crippen molar-refractivity contribution in [3.63, 3.8) is 0 Å². The molecule has 2 spiro atoms. The topological polar surface area (TPSA) is 52.6 Å². The van der Waals surface area contributed by atoms with Gasteiger partial charge in [0.15, 0.2) is 0 Å². The standard InChI is InChI=1S/C23H22O4/c24-20-22-10-3-11-15-14(10)16-17(15)19(23(11,22)21(25)27-20)13-7-2-1-6(12(13)18(16)22)8-4-26-5-9(7)8/h1-2,6-19H,3-5H2/t6-,7+,8+,9-,10-,11+,12-,13+,14-,15-,16-,17+,18+,19-,22-,23+/m0/s1. The number of carbonyl (C=O) groups is 2. The Balaban J connectivity index is 1.32. The predicted molar refractivity (Wildman–Crippen MR) is 89.4 cm³/mol. The minimum absolute atomic E-state index is 0.0793. The maximum absolute atomic E-state index is 13.4. The lowest BCUT2D eigenvalue weighted by atomic mass is 9.31. The third kappa shape index (κ3) is 0.805. The van der Waals surface area contributed by atoms with Crippen molar-refractivity contribution < 1.29 is 19.1 Å². The quantitative estimate of drug-likeness (QED) is 0.374. The second-order valence-corrected chi connectivity index (χ2v) is 11.8. The number of cyclic esters (lactones) is 2. The van der Waals surface area contributed by atoms with Crippen molar-refractivity contribution in [2.24, 2.45) is 93.7 Å². The molecule has 0 aromatic carbocycles. The van der Waals surface area contributed by atoms with Crippen LogP contribution in [0.15, 0.2) is 12.2 Å². The highest BCUT2D eigenvalue weighted by Crippen LogP contribution is 3.00. The van der Waals surface area contributed by atoms with E-state index < -0.39 is 10.8 Å². The highest BCUT2D eigenvalue weighted by Gasteiger charge is 3.03. The van der Waals surface area contributed by atoms with Crippen LogP contribution in [0.2, 0.25) is 0 Å². The third-order valence-corrected chi connectivity index (χ3v) is 12.7. The van der Waals surface area contributed by atoms with Gasteiger partial charge in [-0.25, -0.2) is 0 Å². The second-order valence-electron chi connectivity index (χ2n) is 11.8. The van der Waals surface area contributed by atoms with Crippen molar-refractivity contribution in [1.29, 1.82) is 0 Å². The molecule has 4 nitrogen and oxygen atoms in total. The van der Waals surface area contributed by atoms with Gasteiger partial charge < -0.3 is 9.47 Å². The summed E-state index contributed by atoms with van der Waals surface area (Å²) in [7, 11) is 0. The number of esters is 2. The summed E-state index contributed by atoms with van der Waals surface area (Å²) in [6, 6.07) is 0. The molecule has 2 saturated heterocycles. The van der Waals surface area contributed by atoms with Crippen LogP contribution in [0.4, 0.5) is 0 Å². The summed E-state index contributed by atoms with van der Waals surface area (Å²) in [6.45, 7) is 1.81. The molecule has 12 aliphatic rings. The zero-order valence-electron chi connectivity index (χ0n) is 15.0. The molecule has 0 aromatic heterocycles. The second kappa shape index (κ2) is 3.26. The minimum Gasteiger partial charge on any atom is -0.392 e. The van der Waals surface area contributed by atoms with Gasteiger partial charge in [-0.3, -0.25) is 9.59 Å². The molecular formula is C23H22O4. The summed E-state index contributed by atoms with van der Waals surface area (Å²) < 4.78 is 11.6. The maximum Gasteiger partial charge on any atom is 0.321 e. The number of hydrogen-bond donors (Lipinski definition) is 0. The van der Waals surface area contributed by atoms with Crippen molar-refractivity contribution in [3.05, 3.63) is 12.2 Å². The van der Waals surface area contributed by atoms with Crippen molar-refractivity contribution in [1.82, 2.24) is 0 Å². The summed E-state index contributed by atoms with van der Waals surface area (Å²) in [4.78, 5) is 26.9. The molecule has 12 rings (SSSR count). The summed E-state index contributed by atoms with van der Waals surface area (Å²) in [6.07, 6.45) is 6.18. The van der Waals surface area contributed by atoms with E-state index in [2.05, 4.69) is 12.2 Å². The highest BCUT2D eigenvalue weighted by atomic mass is 16.6. The Kier molecular flexibility index (Phi) is 1.58. The summed E-state index contributed by atoms with van der Waals surface area (Å²) in [5, 5.41) is 0. The Morgan fingerprint density at radius 3 is 1.78 bits per heavy atom. The molecule has 0 N–H and O–H groups in total. The van der Waals surface area contributed by atoms with E-state index in [9.17, 15) is 9.59 Å². The lowest BCUT2D eigenvalue weighted by Gasteiger charge is -2.70. The van der Waals surface area contributed by atoms with Crippen LogP contribution in [0, 0.1) is 93.7 Å². The first kappa shape index (κ1) is 13.1. The molecule has 27 heavy (non-hydrogen) atoms. The van der Waals surface area contributed by atoms with Gasteiger partial charge in [0.05, 0.1) is 24.0 Å². The Labute approximate surface area is 157 Å². The Bertz CT molecular complexity index is 882. The van der Waals surface area contributed by atoms with E-state index in [-0.39, 0.29) is 11.9 Å². The monoisotopic (exact) mass is 362 g/mol. The van der Waals surface area contributed by atoms with Crippen LogP contribution in [0.3, 0.4) is 0 Å². The van der Waals surface area contributed by atoms with Gasteiger partial charge in [0.1, 0.15) is 0 Å². The number of carbonyl (C=O) groups excluding carboxylic acids is 2. The van der Waals surface area contributed by atoms with Gasteiger partial charge in [0, 0.05) is 0 Å². The fraction of sp³-hybridized carbons (Fsp3) is 0.826. The molecule has 10 fully saturated rings. The third-order valence-electron chi connectivity index (χ3n) is 12.7. The van der Waals surface area contributed by atoms with Crippen LogP contribution in [-0.4, -0.2) is 25.2 Å². The number of allylic oxidation sites excluding steroid dienone is 2. The van der Waals surface area contributed by atoms with Gasteiger partial charge in [0.25, 0.3) is 0 Å². The van der Waals surface area contributed by atoms with E-state index in [1.54, 1.807) is 0 Å². The minimum atomic E-state index is -0.403. The largest absolute Gasteiger partial charge is 0.392 e. The Hall–Kier alpha value is -1.16. The fourth-order valence-electron chi connectivity index (χ4n) is 13.3. The first-order valence-corrected chi connectivity index (χ1v) is 11.3. The summed E-state index contributed by atoms with van der Waals surface area (Å²) >= 11 is 0. The fourth-order valence-corrected chi connectivity index (χ4v) is 13.3. The van der Waals surface area contributed by atoms with E-state index in [1.807, 2.05) is 0 Å². The molecule has 0 unspecified atom stereocenters. The first-order chi connectivity index (χ1) is 13.2. The molecule has 16 atom stereocenters. The van der Waals surface area contributed by atoms with Crippen molar-refractivity contribution in [2.45, 2.75) is 6.42 Å². The van der Waals surface area contributed by atoms with Gasteiger partial charge in [-0.1, -0.05) is 12.2 Å². The normalized spacial score (nSPS) is 78.4. The van der Waals surface area contributed by atoms with Crippen molar-refractivity contribution in [2.75, 3.05) is 13.2 Å². The number of hydrogen-bond acceptors (Lipinski definition) is 4. The molecule has 6 bridgehead atoms. The molecular weight excluding hydrogens is 340 g/mol. The van der Waals surface area contributed by atoms with Crippen LogP contribution >= 0.6 is 0 Å². The van der Waals surface area contributed by atoms with Crippen LogP contribution in [-0.2, 0) is 19.1 Å². The molecule has 2 aliphatic heterocycles. The number of rotatable bonds is 0. The van der Waals surface area contributed by atoms with Gasteiger partial charge >= 0.3 is 11.9 Å².